The quantitative estimate of drug-likeness (QED) is 0.285. The van der Waals surface area contributed by atoms with E-state index in [2.05, 4.69) is 10.2 Å². The third-order valence-electron chi connectivity index (χ3n) is 7.85. The number of nitrogens with zero attached hydrogens (tertiary/aromatic N) is 5. The Morgan fingerprint density at radius 3 is 2.55 bits per heavy atom. The molecule has 2 aliphatic rings. The highest BCUT2D eigenvalue weighted by Gasteiger charge is 2.29. The lowest BCUT2D eigenvalue weighted by molar-refractivity contribution is 0.178. The Hall–Kier alpha value is -3.27. The van der Waals surface area contributed by atoms with Crippen LogP contribution in [0.3, 0.4) is 0 Å². The number of hydrogen-bond acceptors (Lipinski definition) is 9. The van der Waals surface area contributed by atoms with Crippen LogP contribution in [-0.2, 0) is 36.0 Å². The molecule has 42 heavy (non-hydrogen) atoms. The monoisotopic (exact) mass is 622 g/mol. The second-order valence-corrected chi connectivity index (χ2v) is 13.9. The van der Waals surface area contributed by atoms with Crippen LogP contribution in [0, 0.1) is 11.3 Å². The van der Waals surface area contributed by atoms with E-state index < -0.39 is 10.0 Å². The van der Waals surface area contributed by atoms with Gasteiger partial charge in [-0.05, 0) is 73.2 Å². The molecule has 2 aromatic heterocycles. The van der Waals surface area contributed by atoms with Gasteiger partial charge in [0.15, 0.2) is 0 Å². The van der Waals surface area contributed by atoms with Crippen LogP contribution in [0.1, 0.15) is 40.2 Å². The molecule has 0 radical (unpaired) electrons. The first-order valence-electron chi connectivity index (χ1n) is 14.0. The van der Waals surface area contributed by atoms with Gasteiger partial charge in [-0.2, -0.15) is 9.57 Å². The van der Waals surface area contributed by atoms with Crippen molar-refractivity contribution in [3.05, 3.63) is 74.9 Å². The molecule has 1 fully saturated rings. The lowest BCUT2D eigenvalue weighted by Gasteiger charge is -2.33. The third-order valence-corrected chi connectivity index (χ3v) is 11.2. The number of benzene rings is 2. The first kappa shape index (κ1) is 28.8. The smallest absolute Gasteiger partial charge is 0.243 e. The summed E-state index contributed by atoms with van der Waals surface area (Å²) in [6.45, 7) is 3.00. The van der Waals surface area contributed by atoms with Crippen molar-refractivity contribution in [3.8, 4) is 11.8 Å². The predicted octanol–water partition coefficient (Wildman–Crippen LogP) is 5.22. The number of nitriles is 1. The molecule has 1 N–H and O–H groups in total. The van der Waals surface area contributed by atoms with Crippen molar-refractivity contribution in [2.24, 2.45) is 0 Å². The van der Waals surface area contributed by atoms with Crippen molar-refractivity contribution >= 4 is 49.0 Å². The minimum Gasteiger partial charge on any atom is -0.495 e. The summed E-state index contributed by atoms with van der Waals surface area (Å²) in [4.78, 5) is 14.8. The Morgan fingerprint density at radius 1 is 1.07 bits per heavy atom. The number of ether oxygens (including phenoxy) is 1. The highest BCUT2D eigenvalue weighted by molar-refractivity contribution is 7.89. The zero-order chi connectivity index (χ0) is 29.3. The number of sulfonamides is 1. The lowest BCUT2D eigenvalue weighted by atomic mass is 9.97. The van der Waals surface area contributed by atoms with Gasteiger partial charge < -0.3 is 10.1 Å². The second kappa shape index (κ2) is 12.1. The highest BCUT2D eigenvalue weighted by atomic mass is 35.5. The van der Waals surface area contributed by atoms with Crippen LogP contribution in [-0.4, -0.2) is 60.9 Å². The molecule has 0 saturated carbocycles. The van der Waals surface area contributed by atoms with E-state index in [4.69, 9.17) is 31.6 Å². The summed E-state index contributed by atoms with van der Waals surface area (Å²) < 4.78 is 33.1. The number of methoxy groups -OCH3 is 1. The molecule has 12 heteroatoms. The molecular weight excluding hydrogens is 592 g/mol. The normalized spacial score (nSPS) is 16.2. The second-order valence-electron chi connectivity index (χ2n) is 10.5. The largest absolute Gasteiger partial charge is 0.495 e. The highest BCUT2D eigenvalue weighted by Crippen LogP contribution is 2.39. The molecule has 0 atom stereocenters. The van der Waals surface area contributed by atoms with E-state index in [0.29, 0.717) is 55.6 Å². The molecule has 1 aliphatic carbocycles. The van der Waals surface area contributed by atoms with Crippen LogP contribution in [0.25, 0.3) is 10.2 Å². The molecule has 0 amide bonds. The molecule has 2 aromatic carbocycles. The lowest BCUT2D eigenvalue weighted by Crippen LogP contribution is -2.48. The van der Waals surface area contributed by atoms with Crippen molar-refractivity contribution in [2.45, 2.75) is 43.7 Å². The number of fused-ring (bicyclic) bond motifs is 3. The molecule has 3 heterocycles. The van der Waals surface area contributed by atoms with Crippen molar-refractivity contribution in [1.29, 1.82) is 5.26 Å². The van der Waals surface area contributed by atoms with Crippen LogP contribution in [0.4, 0.5) is 5.82 Å². The van der Waals surface area contributed by atoms with Gasteiger partial charge in [0.05, 0.1) is 40.6 Å². The summed E-state index contributed by atoms with van der Waals surface area (Å²) in [6, 6.07) is 13.9. The van der Waals surface area contributed by atoms with E-state index >= 15 is 0 Å². The number of anilines is 1. The van der Waals surface area contributed by atoms with E-state index in [1.165, 1.54) is 51.9 Å². The van der Waals surface area contributed by atoms with E-state index in [1.54, 1.807) is 18.4 Å². The molecule has 218 valence electrons. The van der Waals surface area contributed by atoms with Crippen molar-refractivity contribution in [3.63, 3.8) is 0 Å². The van der Waals surface area contributed by atoms with Gasteiger partial charge in [0, 0.05) is 37.6 Å². The summed E-state index contributed by atoms with van der Waals surface area (Å²) in [5.41, 5.74) is 2.83. The number of halogens is 1. The molecule has 1 saturated heterocycles. The standard InChI is InChI=1S/C30H31ClN6O3S2/c1-40-25-11-8-21(16-24(25)31)18-33-29-28-23-4-2-3-5-26(23)41-30(28)35-27(34-29)19-36-12-14-37(15-13-36)42(38,39)22-9-6-20(17-32)7-10-22/h6-11,16H,2-5,12-15,18-19H2,1H3,(H,33,34,35). The topological polar surface area (TPSA) is 111 Å². The number of rotatable bonds is 8. The molecule has 0 unspecified atom stereocenters. The van der Waals surface area contributed by atoms with Crippen LogP contribution >= 0.6 is 22.9 Å². The van der Waals surface area contributed by atoms with Crippen molar-refractivity contribution in [1.82, 2.24) is 19.2 Å². The molecular formula is C30H31ClN6O3S2. The van der Waals surface area contributed by atoms with Crippen LogP contribution in [0.15, 0.2) is 47.4 Å². The SMILES string of the molecule is COc1ccc(CNc2nc(CN3CCN(S(=O)(=O)c4ccc(C#N)cc4)CC3)nc3sc4c(c23)CCCC4)cc1Cl. The number of aromatic nitrogens is 2. The maximum absolute atomic E-state index is 13.2. The number of aryl methyl sites for hydroxylation is 2. The molecule has 1 aliphatic heterocycles. The molecule has 0 spiro atoms. The number of hydrogen-bond donors (Lipinski definition) is 1. The maximum atomic E-state index is 13.2. The first-order valence-corrected chi connectivity index (χ1v) is 16.6. The van der Waals surface area contributed by atoms with Crippen molar-refractivity contribution in [2.75, 3.05) is 38.6 Å². The molecule has 9 nitrogen and oxygen atoms in total. The minimum atomic E-state index is -3.62. The summed E-state index contributed by atoms with van der Waals surface area (Å²) >= 11 is 8.14. The molecule has 6 rings (SSSR count). The average Bonchev–Trinajstić information content (AvgIpc) is 3.39. The van der Waals surface area contributed by atoms with Gasteiger partial charge in [-0.25, -0.2) is 18.4 Å². The van der Waals surface area contributed by atoms with Crippen molar-refractivity contribution < 1.29 is 13.2 Å². The number of thiophene rings is 1. The fraction of sp³-hybridized carbons (Fsp3) is 0.367. The third kappa shape index (κ3) is 5.82. The Morgan fingerprint density at radius 2 is 1.83 bits per heavy atom. The Bertz CT molecular complexity index is 1760. The minimum absolute atomic E-state index is 0.208. The van der Waals surface area contributed by atoms with E-state index in [-0.39, 0.29) is 4.90 Å². The van der Waals surface area contributed by atoms with Gasteiger partial charge in [-0.1, -0.05) is 17.7 Å². The summed E-state index contributed by atoms with van der Waals surface area (Å²) in [6.07, 6.45) is 4.48. The van der Waals surface area contributed by atoms with E-state index in [0.717, 1.165) is 40.3 Å². The Labute approximate surface area is 254 Å². The maximum Gasteiger partial charge on any atom is 0.243 e. The molecule has 0 bridgehead atoms. The summed E-state index contributed by atoms with van der Waals surface area (Å²) in [7, 11) is -2.02. The zero-order valence-corrected chi connectivity index (χ0v) is 25.7. The fourth-order valence-corrected chi connectivity index (χ4v) is 8.57. The predicted molar refractivity (Wildman–Crippen MR) is 165 cm³/mol. The molecule has 4 aromatic rings. The van der Waals surface area contributed by atoms with Gasteiger partial charge >= 0.3 is 0 Å². The van der Waals surface area contributed by atoms with Gasteiger partial charge in [-0.15, -0.1) is 11.3 Å². The first-order chi connectivity index (χ1) is 20.4. The van der Waals surface area contributed by atoms with E-state index in [1.807, 2.05) is 24.3 Å². The van der Waals surface area contributed by atoms with Gasteiger partial charge in [0.25, 0.3) is 0 Å². The Kier molecular flexibility index (Phi) is 8.34. The summed E-state index contributed by atoms with van der Waals surface area (Å²) in [5.74, 6) is 2.20. The number of piperazine rings is 1. The number of nitrogens with one attached hydrogen (secondary N) is 1. The Balaban J connectivity index is 1.20. The van der Waals surface area contributed by atoms with Crippen LogP contribution in [0.2, 0.25) is 5.02 Å². The van der Waals surface area contributed by atoms with Gasteiger partial charge in [0.1, 0.15) is 22.2 Å². The fourth-order valence-electron chi connectivity index (χ4n) is 5.58. The summed E-state index contributed by atoms with van der Waals surface area (Å²) in [5, 5.41) is 14.3. The van der Waals surface area contributed by atoms with Gasteiger partial charge in [0.2, 0.25) is 10.0 Å². The van der Waals surface area contributed by atoms with E-state index in [9.17, 15) is 8.42 Å². The zero-order valence-electron chi connectivity index (χ0n) is 23.3. The average molecular weight is 623 g/mol. The van der Waals surface area contributed by atoms with Crippen LogP contribution < -0.4 is 10.1 Å². The van der Waals surface area contributed by atoms with Crippen LogP contribution in [0.5, 0.6) is 5.75 Å². The van der Waals surface area contributed by atoms with Gasteiger partial charge in [-0.3, -0.25) is 4.90 Å².